The van der Waals surface area contributed by atoms with Gasteiger partial charge in [-0.15, -0.1) is 0 Å². The minimum absolute atomic E-state index is 0.00948. The van der Waals surface area contributed by atoms with E-state index in [0.717, 1.165) is 0 Å². The van der Waals surface area contributed by atoms with Crippen LogP contribution in [0.1, 0.15) is 54.6 Å². The maximum absolute atomic E-state index is 14.4. The third-order valence-electron chi connectivity index (χ3n) is 7.91. The van der Waals surface area contributed by atoms with Gasteiger partial charge in [-0.3, -0.25) is 9.59 Å². The number of fused-ring (bicyclic) bond motifs is 2. The van der Waals surface area contributed by atoms with E-state index in [1.807, 2.05) is 20.8 Å². The fraction of sp³-hybridized carbons (Fsp3) is 0.323. The lowest BCUT2D eigenvalue weighted by atomic mass is 9.62. The molecule has 3 aromatic rings. The number of carboxylic acids is 1. The summed E-state index contributed by atoms with van der Waals surface area (Å²) in [4.78, 5) is 39.8. The zero-order chi connectivity index (χ0) is 30.6. The number of benzene rings is 3. The Kier molecular flexibility index (Phi) is 7.72. The highest BCUT2D eigenvalue weighted by molar-refractivity contribution is 6.31. The van der Waals surface area contributed by atoms with Crippen molar-refractivity contribution in [3.05, 3.63) is 87.2 Å². The predicted octanol–water partition coefficient (Wildman–Crippen LogP) is 6.23. The second-order valence-corrected chi connectivity index (χ2v) is 12.7. The maximum Gasteiger partial charge on any atom is 0.335 e. The Bertz CT molecular complexity index is 1610. The first-order chi connectivity index (χ1) is 19.8. The number of amides is 2. The van der Waals surface area contributed by atoms with Crippen molar-refractivity contribution >= 4 is 52.4 Å². The summed E-state index contributed by atoms with van der Waals surface area (Å²) in [5.74, 6) is -3.25. The molecule has 1 spiro atoms. The number of carbonyl (C=O) groups is 3. The van der Waals surface area contributed by atoms with Gasteiger partial charge < -0.3 is 25.8 Å². The number of hydrogen-bond acceptors (Lipinski definition) is 5. The highest BCUT2D eigenvalue weighted by Crippen LogP contribution is 2.57. The molecule has 1 fully saturated rings. The third-order valence-corrected chi connectivity index (χ3v) is 8.44. The molecule has 1 saturated heterocycles. The lowest BCUT2D eigenvalue weighted by Gasteiger charge is -2.37. The van der Waals surface area contributed by atoms with E-state index in [4.69, 9.17) is 27.9 Å². The first-order valence-corrected chi connectivity index (χ1v) is 14.1. The van der Waals surface area contributed by atoms with Crippen LogP contribution in [-0.2, 0) is 15.0 Å². The van der Waals surface area contributed by atoms with E-state index in [1.54, 1.807) is 24.3 Å². The largest absolute Gasteiger partial charge is 0.495 e. The number of nitrogens with one attached hydrogen (secondary N) is 3. The second-order valence-electron chi connectivity index (χ2n) is 11.8. The van der Waals surface area contributed by atoms with Crippen molar-refractivity contribution in [2.75, 3.05) is 17.7 Å². The number of methoxy groups -OCH3 is 1. The molecule has 0 bridgehead atoms. The summed E-state index contributed by atoms with van der Waals surface area (Å²) in [6.45, 7) is 6.14. The quantitative estimate of drug-likeness (QED) is 0.262. The number of hydrogen-bond donors (Lipinski definition) is 4. The number of rotatable bonds is 6. The SMILES string of the molecule is COc1cc(C(=O)O)ccc1NC(=O)[C@@H]1N[C@@H](CC(C)(C)C)[C@@]2(C(=O)Nc3cc(Cl)ccc32)[C@@H]1c1ccc(F)c(Cl)c1. The van der Waals surface area contributed by atoms with Gasteiger partial charge in [-0.05, 0) is 65.4 Å². The molecule has 2 aliphatic rings. The van der Waals surface area contributed by atoms with Gasteiger partial charge in [0.1, 0.15) is 17.0 Å². The van der Waals surface area contributed by atoms with Gasteiger partial charge in [0.15, 0.2) is 0 Å². The standard InChI is InChI=1S/C31H30Cl2FN3O5/c1-30(2,3)14-24-31(18-8-7-17(32)13-22(18)36-29(31)41)25(15-5-9-20(34)19(33)11-15)26(37-24)27(38)35-21-10-6-16(28(39)40)12-23(21)42-4/h5-13,24-26,37H,14H2,1-4H3,(H,35,38)(H,36,41)(H,39,40)/t24-,25+,26+,31+/m0/s1. The van der Waals surface area contributed by atoms with Gasteiger partial charge in [-0.2, -0.15) is 0 Å². The zero-order valence-corrected chi connectivity index (χ0v) is 24.9. The fourth-order valence-electron chi connectivity index (χ4n) is 6.27. The van der Waals surface area contributed by atoms with E-state index in [0.29, 0.717) is 28.3 Å². The van der Waals surface area contributed by atoms with Crippen LogP contribution in [0.4, 0.5) is 15.8 Å². The average Bonchev–Trinajstić information content (AvgIpc) is 3.39. The maximum atomic E-state index is 14.4. The Balaban J connectivity index is 1.69. The number of anilines is 2. The van der Waals surface area contributed by atoms with E-state index >= 15 is 0 Å². The summed E-state index contributed by atoms with van der Waals surface area (Å²) in [5, 5.41) is 19.0. The summed E-state index contributed by atoms with van der Waals surface area (Å²) >= 11 is 12.5. The van der Waals surface area contributed by atoms with Gasteiger partial charge in [-0.1, -0.05) is 56.1 Å². The molecular weight excluding hydrogens is 584 g/mol. The van der Waals surface area contributed by atoms with Crippen molar-refractivity contribution in [2.45, 2.75) is 50.6 Å². The molecule has 11 heteroatoms. The van der Waals surface area contributed by atoms with Gasteiger partial charge in [-0.25, -0.2) is 9.18 Å². The Morgan fingerprint density at radius 3 is 2.48 bits per heavy atom. The lowest BCUT2D eigenvalue weighted by molar-refractivity contribution is -0.122. The van der Waals surface area contributed by atoms with E-state index in [1.165, 1.54) is 37.4 Å². The van der Waals surface area contributed by atoms with Gasteiger partial charge in [0.2, 0.25) is 11.8 Å². The predicted molar refractivity (Wildman–Crippen MR) is 159 cm³/mol. The van der Waals surface area contributed by atoms with Crippen LogP contribution in [-0.4, -0.2) is 42.1 Å². The molecule has 0 aromatic heterocycles. The first kappa shape index (κ1) is 29.8. The summed E-state index contributed by atoms with van der Waals surface area (Å²) in [6, 6.07) is 12.0. The van der Waals surface area contributed by atoms with Crippen molar-refractivity contribution in [3.63, 3.8) is 0 Å². The molecule has 0 unspecified atom stereocenters. The van der Waals surface area contributed by atoms with E-state index < -0.39 is 41.1 Å². The lowest BCUT2D eigenvalue weighted by Crippen LogP contribution is -2.49. The molecule has 42 heavy (non-hydrogen) atoms. The highest BCUT2D eigenvalue weighted by atomic mass is 35.5. The minimum atomic E-state index is -1.28. The molecule has 5 rings (SSSR count). The van der Waals surface area contributed by atoms with Crippen molar-refractivity contribution in [1.29, 1.82) is 0 Å². The topological polar surface area (TPSA) is 117 Å². The molecule has 2 aliphatic heterocycles. The van der Waals surface area contributed by atoms with Crippen molar-refractivity contribution in [3.8, 4) is 5.75 Å². The number of carboxylic acid groups (broad SMARTS) is 1. The highest BCUT2D eigenvalue weighted by Gasteiger charge is 2.65. The Hall–Kier alpha value is -3.66. The molecule has 0 saturated carbocycles. The van der Waals surface area contributed by atoms with E-state index in [-0.39, 0.29) is 33.3 Å². The van der Waals surface area contributed by atoms with Crippen LogP contribution in [0, 0.1) is 11.2 Å². The van der Waals surface area contributed by atoms with Crippen LogP contribution in [0.5, 0.6) is 5.75 Å². The Morgan fingerprint density at radius 2 is 1.83 bits per heavy atom. The monoisotopic (exact) mass is 613 g/mol. The van der Waals surface area contributed by atoms with Gasteiger partial charge >= 0.3 is 5.97 Å². The van der Waals surface area contributed by atoms with Gasteiger partial charge in [0.05, 0.1) is 29.4 Å². The fourth-order valence-corrected chi connectivity index (χ4v) is 6.63. The molecular formula is C31H30Cl2FN3O5. The van der Waals surface area contributed by atoms with Crippen LogP contribution < -0.4 is 20.7 Å². The van der Waals surface area contributed by atoms with E-state index in [2.05, 4.69) is 16.0 Å². The minimum Gasteiger partial charge on any atom is -0.495 e. The van der Waals surface area contributed by atoms with Crippen LogP contribution in [0.2, 0.25) is 10.0 Å². The molecule has 3 aromatic carbocycles. The van der Waals surface area contributed by atoms with Crippen molar-refractivity contribution < 1.29 is 28.6 Å². The van der Waals surface area contributed by atoms with E-state index in [9.17, 15) is 23.9 Å². The number of carbonyl (C=O) groups excluding carboxylic acids is 2. The second kappa shape index (κ2) is 10.9. The third kappa shape index (κ3) is 5.10. The van der Waals surface area contributed by atoms with Crippen LogP contribution >= 0.6 is 23.2 Å². The van der Waals surface area contributed by atoms with Crippen molar-refractivity contribution in [2.24, 2.45) is 5.41 Å². The number of ether oxygens (including phenoxy) is 1. The van der Waals surface area contributed by atoms with Crippen LogP contribution in [0.15, 0.2) is 54.6 Å². The molecule has 2 amide bonds. The molecule has 8 nitrogen and oxygen atoms in total. The normalized spacial score (nSPS) is 23.0. The Morgan fingerprint density at radius 1 is 1.10 bits per heavy atom. The molecule has 0 radical (unpaired) electrons. The molecule has 0 aliphatic carbocycles. The van der Waals surface area contributed by atoms with Gasteiger partial charge in [0, 0.05) is 22.7 Å². The number of aromatic carboxylic acids is 1. The molecule has 2 heterocycles. The number of halogens is 3. The molecule has 4 atom stereocenters. The summed E-state index contributed by atoms with van der Waals surface area (Å²) in [5.41, 5.74) is 0.407. The Labute approximate surface area is 252 Å². The smallest absolute Gasteiger partial charge is 0.335 e. The molecule has 220 valence electrons. The van der Waals surface area contributed by atoms with Crippen LogP contribution in [0.3, 0.4) is 0 Å². The van der Waals surface area contributed by atoms with Gasteiger partial charge in [0.25, 0.3) is 0 Å². The zero-order valence-electron chi connectivity index (χ0n) is 23.3. The molecule has 4 N–H and O–H groups in total. The summed E-state index contributed by atoms with van der Waals surface area (Å²) in [7, 11) is 1.37. The first-order valence-electron chi connectivity index (χ1n) is 13.3. The summed E-state index contributed by atoms with van der Waals surface area (Å²) < 4.78 is 19.7. The summed E-state index contributed by atoms with van der Waals surface area (Å²) in [6.07, 6.45) is 0.508. The average molecular weight is 615 g/mol. The van der Waals surface area contributed by atoms with Crippen LogP contribution in [0.25, 0.3) is 0 Å². The van der Waals surface area contributed by atoms with Crippen molar-refractivity contribution in [1.82, 2.24) is 5.32 Å².